The molecule has 0 saturated heterocycles. The lowest BCUT2D eigenvalue weighted by atomic mass is 10.1. The minimum Gasteiger partial charge on any atom is -0.447 e. The highest BCUT2D eigenvalue weighted by molar-refractivity contribution is 5.85. The number of ether oxygens (including phenoxy) is 3. The number of alkyl carbamates (subject to hydrolysis) is 1. The van der Waals surface area contributed by atoms with Crippen molar-refractivity contribution in [2.75, 3.05) is 39.5 Å². The molecule has 0 aromatic heterocycles. The molecule has 0 fully saturated rings. The fourth-order valence-electron chi connectivity index (χ4n) is 7.88. The number of amides is 2. The van der Waals surface area contributed by atoms with Crippen LogP contribution in [0.5, 0.6) is 0 Å². The van der Waals surface area contributed by atoms with Gasteiger partial charge in [-0.1, -0.05) is 233 Å². The third-order valence-electron chi connectivity index (χ3n) is 11.9. The topological polar surface area (TPSA) is 152 Å². The van der Waals surface area contributed by atoms with E-state index in [0.717, 1.165) is 32.1 Å². The third kappa shape index (κ3) is 45.8. The smallest absolute Gasteiger partial charge is 0.407 e. The number of hydrogen-bond donors (Lipinski definition) is 5. The van der Waals surface area contributed by atoms with Crippen LogP contribution in [0.4, 0.5) is 4.79 Å². The molecule has 0 aromatic carbocycles. The first-order chi connectivity index (χ1) is 29.9. The molecule has 0 radical (unpaired) electrons. The Balaban J connectivity index is 4.69. The quantitative estimate of drug-likeness (QED) is 0.0232. The normalized spacial score (nSPS) is 12.3. The molecule has 0 heterocycles. The fraction of sp³-hybridized carbons (Fsp3) is 0.941. The number of nitrogens with one attached hydrogen (secondary N) is 3. The van der Waals surface area contributed by atoms with Gasteiger partial charge in [-0.15, -0.1) is 0 Å². The van der Waals surface area contributed by atoms with Crippen LogP contribution in [0, 0.1) is 0 Å². The Labute approximate surface area is 377 Å². The Kier molecular flexibility index (Phi) is 47.3. The van der Waals surface area contributed by atoms with E-state index in [4.69, 9.17) is 25.7 Å². The first kappa shape index (κ1) is 58.9. The van der Waals surface area contributed by atoms with Crippen molar-refractivity contribution in [3.05, 3.63) is 0 Å². The lowest BCUT2D eigenvalue weighted by Crippen LogP contribution is -2.78. The summed E-state index contributed by atoms with van der Waals surface area (Å²) in [6.07, 6.45) is 45.6. The molecular formula is C51H104N5O5+. The van der Waals surface area contributed by atoms with Crippen molar-refractivity contribution in [2.45, 2.75) is 270 Å². The summed E-state index contributed by atoms with van der Waals surface area (Å²) in [5.41, 5.74) is 11.2. The summed E-state index contributed by atoms with van der Waals surface area (Å²) in [6.45, 7) is 9.46. The summed E-state index contributed by atoms with van der Waals surface area (Å²) in [5, 5.41) is 5.79. The Morgan fingerprint density at radius 3 is 1.28 bits per heavy atom. The first-order valence-electron chi connectivity index (χ1n) is 26.5. The molecule has 0 aliphatic rings. The summed E-state index contributed by atoms with van der Waals surface area (Å²) in [5.74, 6) is -0.155. The zero-order valence-corrected chi connectivity index (χ0v) is 40.8. The van der Waals surface area contributed by atoms with Gasteiger partial charge in [0.25, 0.3) is 0 Å². The van der Waals surface area contributed by atoms with Gasteiger partial charge in [0.2, 0.25) is 5.91 Å². The van der Waals surface area contributed by atoms with Crippen LogP contribution in [0.2, 0.25) is 0 Å². The monoisotopic (exact) mass is 867 g/mol. The Hall–Kier alpha value is -2.07. The van der Waals surface area contributed by atoms with E-state index >= 15 is 0 Å². The van der Waals surface area contributed by atoms with Gasteiger partial charge < -0.3 is 24.8 Å². The van der Waals surface area contributed by atoms with E-state index in [-0.39, 0.29) is 24.6 Å². The van der Waals surface area contributed by atoms with Gasteiger partial charge in [0, 0.05) is 26.2 Å². The van der Waals surface area contributed by atoms with Crippen molar-refractivity contribution in [3.8, 4) is 0 Å². The molecule has 61 heavy (non-hydrogen) atoms. The van der Waals surface area contributed by atoms with Crippen LogP contribution in [-0.4, -0.2) is 69.6 Å². The van der Waals surface area contributed by atoms with Crippen LogP contribution >= 0.6 is 0 Å². The van der Waals surface area contributed by atoms with E-state index in [1.54, 1.807) is 0 Å². The van der Waals surface area contributed by atoms with E-state index < -0.39 is 12.1 Å². The van der Waals surface area contributed by atoms with Gasteiger partial charge in [-0.05, 0) is 19.3 Å². The maximum Gasteiger partial charge on any atom is 0.407 e. The second-order valence-corrected chi connectivity index (χ2v) is 18.0. The fourth-order valence-corrected chi connectivity index (χ4v) is 7.88. The summed E-state index contributed by atoms with van der Waals surface area (Å²) in [7, 11) is 0. The Bertz CT molecular complexity index is 950. The Morgan fingerprint density at radius 2 is 0.869 bits per heavy atom. The molecule has 0 aliphatic carbocycles. The first-order valence-corrected chi connectivity index (χ1v) is 26.5. The van der Waals surface area contributed by atoms with Crippen molar-refractivity contribution in [2.24, 2.45) is 11.5 Å². The van der Waals surface area contributed by atoms with Crippen LogP contribution < -0.4 is 27.1 Å². The molecule has 362 valence electrons. The molecule has 2 unspecified atom stereocenters. The van der Waals surface area contributed by atoms with E-state index in [1.807, 2.05) is 0 Å². The number of carbonyl (C=O) groups is 2. The molecule has 10 nitrogen and oxygen atoms in total. The second-order valence-electron chi connectivity index (χ2n) is 18.0. The number of hydrogen-bond acceptors (Lipinski definition) is 5. The Morgan fingerprint density at radius 1 is 0.492 bits per heavy atom. The summed E-state index contributed by atoms with van der Waals surface area (Å²) >= 11 is 0. The highest BCUT2D eigenvalue weighted by Crippen LogP contribution is 2.15. The van der Waals surface area contributed by atoms with Gasteiger partial charge in [0.1, 0.15) is 18.8 Å². The van der Waals surface area contributed by atoms with Crippen molar-refractivity contribution in [1.82, 2.24) is 10.6 Å². The summed E-state index contributed by atoms with van der Waals surface area (Å²) in [6, 6.07) is -0.779. The van der Waals surface area contributed by atoms with Gasteiger partial charge in [0.05, 0.1) is 13.2 Å². The van der Waals surface area contributed by atoms with Gasteiger partial charge in [-0.3, -0.25) is 21.3 Å². The minimum atomic E-state index is -0.779. The van der Waals surface area contributed by atoms with Crippen LogP contribution in [0.15, 0.2) is 0 Å². The maximum atomic E-state index is 13.2. The molecule has 0 saturated carbocycles. The molecule has 0 rings (SSSR count). The van der Waals surface area contributed by atoms with Gasteiger partial charge in [0.15, 0.2) is 0 Å². The largest absolute Gasteiger partial charge is 0.447 e. The van der Waals surface area contributed by atoms with Crippen LogP contribution in [0.25, 0.3) is 0 Å². The number of nitrogens with two attached hydrogens (primary N) is 2. The minimum absolute atomic E-state index is 0.0670. The molecule has 7 N–H and O–H groups in total. The number of unbranched alkanes of at least 4 members (excludes halogenated alkanes) is 33. The van der Waals surface area contributed by atoms with E-state index in [9.17, 15) is 9.59 Å². The molecule has 10 heteroatoms. The van der Waals surface area contributed by atoms with E-state index in [0.29, 0.717) is 39.3 Å². The summed E-state index contributed by atoms with van der Waals surface area (Å²) in [4.78, 5) is 29.1. The molecule has 2 atom stereocenters. The number of rotatable bonds is 49. The standard InChI is InChI=1S/C51H103N5O5/c1-4-7-10-13-16-19-22-25-28-31-34-37-41-54-49(57)48(40-42-55-50(52)53)56-51(58)61-46-47(60-44-39-36-33-30-27-24-21-18-15-12-9-6-3)45-59-43-38-35-32-29-26-23-20-17-14-11-8-5-2/h47-48H,4-46H2,1-3H3,(H,54,57)(H,56,58)(H4,52,53,55)/p+1. The average Bonchev–Trinajstić information content (AvgIpc) is 3.25. The lowest BCUT2D eigenvalue weighted by Gasteiger charge is -2.21. The number of guanidine groups is 1. The lowest BCUT2D eigenvalue weighted by molar-refractivity contribution is -0.459. The highest BCUT2D eigenvalue weighted by Gasteiger charge is 2.22. The predicted molar refractivity (Wildman–Crippen MR) is 259 cm³/mol. The highest BCUT2D eigenvalue weighted by atomic mass is 16.6. The average molecular weight is 867 g/mol. The molecule has 0 aromatic rings. The zero-order valence-electron chi connectivity index (χ0n) is 40.8. The van der Waals surface area contributed by atoms with Crippen molar-refractivity contribution in [1.29, 1.82) is 0 Å². The van der Waals surface area contributed by atoms with Crippen LogP contribution in [0.3, 0.4) is 0 Å². The SMILES string of the molecule is CCCCCCCCCCCCCCNC(=O)C(CC[NH+]=C(N)N)NC(=O)OCC(COCCCCCCCCCCCCCC)OCCCCCCCCCCCCCC. The van der Waals surface area contributed by atoms with Gasteiger partial charge in [-0.25, -0.2) is 4.79 Å². The van der Waals surface area contributed by atoms with Gasteiger partial charge in [-0.2, -0.15) is 0 Å². The second kappa shape index (κ2) is 49.0. The molecule has 0 bridgehead atoms. The van der Waals surface area contributed by atoms with Crippen molar-refractivity contribution in [3.63, 3.8) is 0 Å². The third-order valence-corrected chi connectivity index (χ3v) is 11.9. The van der Waals surface area contributed by atoms with Crippen molar-refractivity contribution >= 4 is 18.0 Å². The van der Waals surface area contributed by atoms with Crippen LogP contribution in [0.1, 0.15) is 258 Å². The maximum absolute atomic E-state index is 13.2. The molecule has 0 aliphatic heterocycles. The predicted octanol–water partition coefficient (Wildman–Crippen LogP) is 11.4. The number of carbonyl (C=O) groups excluding carboxylic acids is 2. The van der Waals surface area contributed by atoms with Gasteiger partial charge >= 0.3 is 12.1 Å². The molecular weight excluding hydrogens is 763 g/mol. The van der Waals surface area contributed by atoms with E-state index in [1.165, 1.54) is 199 Å². The molecule has 0 spiro atoms. The van der Waals surface area contributed by atoms with Crippen molar-refractivity contribution < 1.29 is 28.8 Å². The summed E-state index contributed by atoms with van der Waals surface area (Å²) < 4.78 is 17.9. The van der Waals surface area contributed by atoms with E-state index in [2.05, 4.69) is 36.4 Å². The zero-order chi connectivity index (χ0) is 44.5. The molecule has 2 amide bonds. The van der Waals surface area contributed by atoms with Crippen LogP contribution in [-0.2, 0) is 19.0 Å².